The second-order valence-corrected chi connectivity index (χ2v) is 31.1. The summed E-state index contributed by atoms with van der Waals surface area (Å²) in [5.74, 6) is -7.99. The fourth-order valence-electron chi connectivity index (χ4n) is 17.0. The van der Waals surface area contributed by atoms with Crippen LogP contribution < -0.4 is 4.74 Å². The number of hydrogen-bond donors (Lipinski definition) is 9. The number of aliphatic hydroxyl groups excluding tert-OH is 5. The summed E-state index contributed by atoms with van der Waals surface area (Å²) in [5.41, 5.74) is -3.61. The van der Waals surface area contributed by atoms with E-state index >= 15 is 0 Å². The van der Waals surface area contributed by atoms with Crippen LogP contribution in [0, 0.1) is 19.1 Å². The molecule has 0 aliphatic carbocycles. The fraction of sp³-hybridized carbons (Fsp3) is 0.800. The summed E-state index contributed by atoms with van der Waals surface area (Å²) in [7, 11) is 6.55. The number of carbonyl (C=O) groups excluding carboxylic acids is 2. The molecule has 0 aromatic heterocycles. The van der Waals surface area contributed by atoms with Crippen LogP contribution >= 0.6 is 34.8 Å². The zero-order chi connectivity index (χ0) is 81.0. The molecule has 2 aromatic rings. The van der Waals surface area contributed by atoms with Crippen LogP contribution in [0.5, 0.6) is 23.0 Å². The number of esters is 2. The van der Waals surface area contributed by atoms with Crippen LogP contribution in [-0.4, -0.2) is 339 Å². The van der Waals surface area contributed by atoms with Crippen molar-refractivity contribution in [2.45, 2.75) is 295 Å². The van der Waals surface area contributed by atoms with Crippen LogP contribution in [0.4, 0.5) is 0 Å². The highest BCUT2D eigenvalue weighted by Crippen LogP contribution is 2.53. The summed E-state index contributed by atoms with van der Waals surface area (Å²) in [4.78, 5) is 27.7. The van der Waals surface area contributed by atoms with Gasteiger partial charge in [0.15, 0.2) is 73.3 Å². The van der Waals surface area contributed by atoms with Crippen LogP contribution in [-0.2, 0) is 118 Å². The third kappa shape index (κ3) is 15.6. The Kier molecular flexibility index (Phi) is 26.0. The number of aromatic hydroxyl groups is 3. The number of aryl methyl sites for hydroxylation is 1. The molecule has 11 saturated heterocycles. The second-order valence-electron chi connectivity index (χ2n) is 30.0. The molecule has 35 unspecified atom stereocenters. The van der Waals surface area contributed by atoms with E-state index in [1.807, 2.05) is 0 Å². The number of aliphatic hydroxyl groups is 5. The largest absolute Gasteiger partial charge is 0.762 e. The van der Waals surface area contributed by atoms with Crippen molar-refractivity contribution in [2.75, 3.05) is 62.2 Å². The Bertz CT molecular complexity index is 3660. The van der Waals surface area contributed by atoms with Gasteiger partial charge in [-0.1, -0.05) is 34.8 Å². The number of phenols is 3. The van der Waals surface area contributed by atoms with Crippen molar-refractivity contribution in [1.29, 1.82) is 0 Å². The quantitative estimate of drug-likeness (QED) is 0.0636. The van der Waals surface area contributed by atoms with E-state index in [2.05, 4.69) is 0 Å². The first-order valence-electron chi connectivity index (χ1n) is 36.5. The fourth-order valence-corrected chi connectivity index (χ4v) is 17.7. The van der Waals surface area contributed by atoms with Gasteiger partial charge in [-0.05, 0) is 79.5 Å². The molecule has 632 valence electrons. The highest BCUT2D eigenvalue weighted by Gasteiger charge is 2.70. The molecule has 0 bridgehead atoms. The van der Waals surface area contributed by atoms with Gasteiger partial charge in [-0.3, -0.25) is 5.23 Å². The normalized spacial score (nSPS) is 45.5. The molecule has 35 atom stereocenters. The first-order chi connectivity index (χ1) is 53.0. The number of halogens is 3. The number of nitrogens with zero attached hydrogens (tertiary/aromatic N) is 1. The summed E-state index contributed by atoms with van der Waals surface area (Å²) >= 11 is 18.8. The Morgan fingerprint density at radius 3 is 1.96 bits per heavy atom. The van der Waals surface area contributed by atoms with Gasteiger partial charge in [-0.25, -0.2) is 9.59 Å². The molecule has 0 saturated carbocycles. The highest BCUT2D eigenvalue weighted by molar-refractivity contribution is 6.39. The van der Waals surface area contributed by atoms with Crippen molar-refractivity contribution in [2.24, 2.45) is 0 Å². The van der Waals surface area contributed by atoms with Crippen LogP contribution in [0.15, 0.2) is 6.07 Å². The van der Waals surface area contributed by atoms with E-state index in [1.54, 1.807) is 34.6 Å². The molecule has 11 heterocycles. The lowest BCUT2D eigenvalue weighted by Gasteiger charge is -2.53. The average molecular weight is 1670 g/mol. The van der Waals surface area contributed by atoms with Gasteiger partial charge >= 0.3 is 17.9 Å². The standard InChI is InChI=1S/C70H97Cl3NO38/c1-23-15-30(75)41(72)43(77)38(23)61(83)101-34-21-95-70(60-53(34)93-22-94-60)109-35-20-92-63(46(80)52(35)110-70)107-65-56(90-13)45(79)51(33(102-65)19-87-10)105-64-47(81)55(50(88-11)26(4)98-64)106-66-57(82)68(9)59(29(7)99-66)111-69(112-68)17-31(76)48(27(5)108-69)103-36-16-32(100-37-18-67(8,74(85)86)58(91-14)28(6)97-37)49(25(3)96-36)104-62(84)39-24(2)40(71)44(78)42(73)54(39)89-12/h15,25-29,31-37,45-53,55-60,63-66,75-82,85H,16-22H2,1-14H3/q-1. The van der Waals surface area contributed by atoms with E-state index in [0.29, 0.717) is 0 Å². The molecule has 2 aromatic carbocycles. The lowest BCUT2D eigenvalue weighted by molar-refractivity contribution is -0.415. The van der Waals surface area contributed by atoms with Gasteiger partial charge in [0.1, 0.15) is 137 Å². The number of rotatable bonds is 21. The second kappa shape index (κ2) is 33.8. The van der Waals surface area contributed by atoms with Crippen molar-refractivity contribution in [3.8, 4) is 23.0 Å². The highest BCUT2D eigenvalue weighted by atomic mass is 35.5. The number of fused-ring (bicyclic) bond motifs is 4. The number of hydroxylamine groups is 2. The van der Waals surface area contributed by atoms with Crippen molar-refractivity contribution < 1.29 is 179 Å². The summed E-state index contributed by atoms with van der Waals surface area (Å²) in [6, 6.07) is 1.19. The van der Waals surface area contributed by atoms with Gasteiger partial charge in [0.2, 0.25) is 0 Å². The Morgan fingerprint density at radius 2 is 1.29 bits per heavy atom. The number of phenolic OH excluding ortho intramolecular Hbond substituents is 3. The van der Waals surface area contributed by atoms with Crippen molar-refractivity contribution in [1.82, 2.24) is 5.23 Å². The maximum atomic E-state index is 14.3. The molecular formula is C70H97Cl3NO38-. The lowest BCUT2D eigenvalue weighted by atomic mass is 9.85. The Hall–Kier alpha value is -3.79. The molecule has 11 fully saturated rings. The number of ether oxygens (including phenoxy) is 26. The first-order valence-corrected chi connectivity index (χ1v) is 37.6. The molecular weight excluding hydrogens is 1570 g/mol. The van der Waals surface area contributed by atoms with Gasteiger partial charge in [-0.15, -0.1) is 0 Å². The zero-order valence-electron chi connectivity index (χ0n) is 63.4. The minimum absolute atomic E-state index is 0.0757. The summed E-state index contributed by atoms with van der Waals surface area (Å²) in [6.45, 7) is 12.7. The minimum Gasteiger partial charge on any atom is -0.762 e. The lowest BCUT2D eigenvalue weighted by Crippen LogP contribution is -2.68. The smallest absolute Gasteiger partial charge is 0.342 e. The van der Waals surface area contributed by atoms with Gasteiger partial charge < -0.3 is 174 Å². The molecule has 0 amide bonds. The maximum absolute atomic E-state index is 14.3. The molecule has 112 heavy (non-hydrogen) atoms. The number of carbonyl (C=O) groups is 2. The maximum Gasteiger partial charge on any atom is 0.342 e. The Morgan fingerprint density at radius 1 is 0.598 bits per heavy atom. The first kappa shape index (κ1) is 86.1. The van der Waals surface area contributed by atoms with Crippen molar-refractivity contribution >= 4 is 46.7 Å². The van der Waals surface area contributed by atoms with Crippen molar-refractivity contribution in [3.63, 3.8) is 0 Å². The van der Waals surface area contributed by atoms with Gasteiger partial charge in [0.25, 0.3) is 5.97 Å². The average Bonchev–Trinajstić information content (AvgIpc) is 1.56. The molecule has 2 spiro atoms. The summed E-state index contributed by atoms with van der Waals surface area (Å²) in [5, 5.41) is 114. The molecule has 9 N–H and O–H groups in total. The number of hydrogen-bond acceptors (Lipinski definition) is 39. The van der Waals surface area contributed by atoms with Gasteiger partial charge in [0, 0.05) is 41.3 Å². The number of benzene rings is 2. The third-order valence-electron chi connectivity index (χ3n) is 22.6. The molecule has 11 aliphatic heterocycles. The SMILES string of the molecule is COCC1OC(OC2OCC3OC4(OCC(OC(=O)c5c(C)cc(O)c(Cl)c5O)C5OCOC54)OC3C2O)C(OC)C(O)C1OC1OC(C)C(OC)C(OC2OC(C)C3OC4(CC(O)C(OC5CC(OC6CC(C)(N([O-])O)C(OC)C(C)O6)C(OC(=O)c6c(C)c(Cl)c(O)c(Cl)c6OC)C(C)O5)C(C)O4)OC3(C)C2O)C1O. The third-order valence-corrected chi connectivity index (χ3v) is 23.8. The van der Waals surface area contributed by atoms with E-state index in [4.69, 9.17) is 158 Å². The Balaban J connectivity index is 0.644. The van der Waals surface area contributed by atoms with Crippen LogP contribution in [0.1, 0.15) is 99.6 Å². The van der Waals surface area contributed by atoms with E-state index in [-0.39, 0.29) is 82.7 Å². The van der Waals surface area contributed by atoms with Gasteiger partial charge in [-0.2, -0.15) is 0 Å². The summed E-state index contributed by atoms with van der Waals surface area (Å²) in [6.07, 6.45) is -40.8. The topological polar surface area (TPSA) is 482 Å². The predicted octanol–water partition coefficient (Wildman–Crippen LogP) is 1.83. The molecule has 11 aliphatic rings. The van der Waals surface area contributed by atoms with E-state index in [9.17, 15) is 60.9 Å². The Labute approximate surface area is 656 Å². The van der Waals surface area contributed by atoms with Crippen molar-refractivity contribution in [3.05, 3.63) is 48.6 Å². The van der Waals surface area contributed by atoms with E-state index < -0.39 is 254 Å². The molecule has 0 radical (unpaired) electrons. The zero-order valence-corrected chi connectivity index (χ0v) is 65.6. The molecule has 13 rings (SSSR count). The molecule has 39 nitrogen and oxygen atoms in total. The monoisotopic (exact) mass is 1660 g/mol. The minimum atomic E-state index is -2.06. The van der Waals surface area contributed by atoms with Crippen LogP contribution in [0.2, 0.25) is 15.1 Å². The van der Waals surface area contributed by atoms with E-state index in [1.165, 1.54) is 69.3 Å². The van der Waals surface area contributed by atoms with E-state index in [0.717, 1.165) is 0 Å². The van der Waals surface area contributed by atoms with Crippen LogP contribution in [0.3, 0.4) is 0 Å². The van der Waals surface area contributed by atoms with Crippen LogP contribution in [0.25, 0.3) is 0 Å². The predicted molar refractivity (Wildman–Crippen MR) is 368 cm³/mol. The number of methoxy groups -OCH3 is 5. The molecule has 42 heteroatoms. The van der Waals surface area contributed by atoms with Gasteiger partial charge in [0.05, 0.1) is 80.5 Å². The summed E-state index contributed by atoms with van der Waals surface area (Å²) < 4.78 is 160.